The highest BCUT2D eigenvalue weighted by atomic mass is 32.1. The molecule has 0 saturated heterocycles. The van der Waals surface area contributed by atoms with Crippen molar-refractivity contribution in [3.05, 3.63) is 88.1 Å². The Morgan fingerprint density at radius 1 is 0.969 bits per heavy atom. The maximum Gasteiger partial charge on any atom is 0.262 e. The Kier molecular flexibility index (Phi) is 8.16. The zero-order valence-electron chi connectivity index (χ0n) is 18.2. The molecule has 0 aliphatic rings. The molecule has 2 aromatic carbocycles. The number of para-hydroxylation sites is 1. The topological polar surface area (TPSA) is 78.5 Å². The van der Waals surface area contributed by atoms with Gasteiger partial charge < -0.3 is 15.5 Å². The van der Waals surface area contributed by atoms with Crippen LogP contribution in [0.2, 0.25) is 0 Å². The first-order valence-corrected chi connectivity index (χ1v) is 11.4. The number of nitrogens with one attached hydrogen (secondary N) is 2. The van der Waals surface area contributed by atoms with Gasteiger partial charge in [-0.25, -0.2) is 0 Å². The van der Waals surface area contributed by atoms with Crippen molar-refractivity contribution in [2.45, 2.75) is 25.8 Å². The van der Waals surface area contributed by atoms with Crippen LogP contribution in [0.15, 0.2) is 72.1 Å². The standard InChI is InChI=1S/C25H27N3O3S/c1-3-19-12-7-8-13-20(19)26-23(29)17-28(2)25(31)21(16-18-10-5-4-6-11-18)27-24(30)22-14-9-15-32-22/h4-15,21H,3,16-17H2,1-2H3,(H,26,29)(H,27,30). The highest BCUT2D eigenvalue weighted by Crippen LogP contribution is 2.15. The molecule has 3 aromatic rings. The van der Waals surface area contributed by atoms with Crippen molar-refractivity contribution in [2.75, 3.05) is 18.9 Å². The first kappa shape index (κ1) is 23.2. The number of carbonyl (C=O) groups is 3. The van der Waals surface area contributed by atoms with E-state index in [0.29, 0.717) is 11.3 Å². The second kappa shape index (κ2) is 11.2. The summed E-state index contributed by atoms with van der Waals surface area (Å²) in [7, 11) is 1.57. The molecule has 0 aliphatic carbocycles. The molecule has 0 radical (unpaired) electrons. The molecule has 0 bridgehead atoms. The summed E-state index contributed by atoms with van der Waals surface area (Å²) < 4.78 is 0. The summed E-state index contributed by atoms with van der Waals surface area (Å²) >= 11 is 1.31. The molecule has 1 aromatic heterocycles. The second-order valence-corrected chi connectivity index (χ2v) is 8.39. The largest absolute Gasteiger partial charge is 0.339 e. The fourth-order valence-corrected chi connectivity index (χ4v) is 4.01. The monoisotopic (exact) mass is 449 g/mol. The van der Waals surface area contributed by atoms with Gasteiger partial charge in [-0.2, -0.15) is 0 Å². The van der Waals surface area contributed by atoms with Gasteiger partial charge in [-0.1, -0.05) is 61.5 Å². The van der Waals surface area contributed by atoms with Gasteiger partial charge in [-0.15, -0.1) is 11.3 Å². The molecule has 7 heteroatoms. The SMILES string of the molecule is CCc1ccccc1NC(=O)CN(C)C(=O)C(Cc1ccccc1)NC(=O)c1cccs1. The fourth-order valence-electron chi connectivity index (χ4n) is 3.39. The van der Waals surface area contributed by atoms with E-state index < -0.39 is 6.04 Å². The lowest BCUT2D eigenvalue weighted by Gasteiger charge is -2.24. The van der Waals surface area contributed by atoms with E-state index in [4.69, 9.17) is 0 Å². The van der Waals surface area contributed by atoms with E-state index in [2.05, 4.69) is 10.6 Å². The summed E-state index contributed by atoms with van der Waals surface area (Å²) in [6.07, 6.45) is 1.13. The Labute approximate surface area is 192 Å². The molecule has 3 amide bonds. The minimum Gasteiger partial charge on any atom is -0.339 e. The van der Waals surface area contributed by atoms with Crippen LogP contribution in [0.25, 0.3) is 0 Å². The van der Waals surface area contributed by atoms with Crippen LogP contribution in [0.3, 0.4) is 0 Å². The van der Waals surface area contributed by atoms with Gasteiger partial charge in [0.15, 0.2) is 0 Å². The highest BCUT2D eigenvalue weighted by molar-refractivity contribution is 7.12. The van der Waals surface area contributed by atoms with Crippen molar-refractivity contribution >= 4 is 34.7 Å². The molecule has 0 spiro atoms. The minimum absolute atomic E-state index is 0.114. The Bertz CT molecular complexity index is 1050. The van der Waals surface area contributed by atoms with E-state index in [1.54, 1.807) is 19.2 Å². The quantitative estimate of drug-likeness (QED) is 0.522. The Morgan fingerprint density at radius 2 is 1.69 bits per heavy atom. The van der Waals surface area contributed by atoms with Crippen molar-refractivity contribution in [1.29, 1.82) is 0 Å². The number of amides is 3. The maximum atomic E-state index is 13.2. The van der Waals surface area contributed by atoms with Crippen LogP contribution in [0.4, 0.5) is 5.69 Å². The third-order valence-electron chi connectivity index (χ3n) is 5.06. The van der Waals surface area contributed by atoms with Gasteiger partial charge in [0.1, 0.15) is 6.04 Å². The summed E-state index contributed by atoms with van der Waals surface area (Å²) in [5, 5.41) is 7.53. The van der Waals surface area contributed by atoms with Crippen molar-refractivity contribution in [3.63, 3.8) is 0 Å². The Hall–Kier alpha value is -3.45. The number of rotatable bonds is 9. The summed E-state index contributed by atoms with van der Waals surface area (Å²) in [4.78, 5) is 40.3. The molecule has 3 rings (SSSR count). The number of nitrogens with zero attached hydrogens (tertiary/aromatic N) is 1. The summed E-state index contributed by atoms with van der Waals surface area (Å²) in [6, 6.07) is 19.8. The van der Waals surface area contributed by atoms with Gasteiger partial charge in [0, 0.05) is 19.2 Å². The first-order chi connectivity index (χ1) is 15.5. The second-order valence-electron chi connectivity index (χ2n) is 7.45. The molecule has 0 fully saturated rings. The van der Waals surface area contributed by atoms with Crippen LogP contribution in [-0.2, 0) is 22.4 Å². The number of anilines is 1. The van der Waals surface area contributed by atoms with Crippen molar-refractivity contribution in [3.8, 4) is 0 Å². The highest BCUT2D eigenvalue weighted by Gasteiger charge is 2.26. The van der Waals surface area contributed by atoms with E-state index in [-0.39, 0.29) is 24.3 Å². The van der Waals surface area contributed by atoms with E-state index >= 15 is 0 Å². The zero-order chi connectivity index (χ0) is 22.9. The normalized spacial score (nSPS) is 11.4. The number of hydrogen-bond acceptors (Lipinski definition) is 4. The third kappa shape index (κ3) is 6.28. The summed E-state index contributed by atoms with van der Waals surface area (Å²) in [6.45, 7) is 1.90. The maximum absolute atomic E-state index is 13.2. The summed E-state index contributed by atoms with van der Waals surface area (Å²) in [5.41, 5.74) is 2.69. The van der Waals surface area contributed by atoms with E-state index in [0.717, 1.165) is 23.2 Å². The lowest BCUT2D eigenvalue weighted by atomic mass is 10.0. The molecule has 32 heavy (non-hydrogen) atoms. The number of benzene rings is 2. The van der Waals surface area contributed by atoms with Gasteiger partial charge in [0.05, 0.1) is 11.4 Å². The Balaban J connectivity index is 1.69. The predicted octanol–water partition coefficient (Wildman–Crippen LogP) is 3.75. The van der Waals surface area contributed by atoms with Crippen LogP contribution in [0, 0.1) is 0 Å². The van der Waals surface area contributed by atoms with Crippen LogP contribution in [0.5, 0.6) is 0 Å². The van der Waals surface area contributed by atoms with Crippen LogP contribution in [-0.4, -0.2) is 42.3 Å². The Morgan fingerprint density at radius 3 is 2.38 bits per heavy atom. The average Bonchev–Trinajstić information content (AvgIpc) is 3.34. The van der Waals surface area contributed by atoms with Gasteiger partial charge in [-0.05, 0) is 35.1 Å². The minimum atomic E-state index is -0.785. The molecule has 0 aliphatic heterocycles. The summed E-state index contributed by atoms with van der Waals surface area (Å²) in [5.74, 6) is -0.911. The number of likely N-dealkylation sites (N-methyl/N-ethyl adjacent to an activating group) is 1. The lowest BCUT2D eigenvalue weighted by molar-refractivity contribution is -0.135. The van der Waals surface area contributed by atoms with Gasteiger partial charge in [0.2, 0.25) is 11.8 Å². The first-order valence-electron chi connectivity index (χ1n) is 10.5. The number of carbonyl (C=O) groups excluding carboxylic acids is 3. The van der Waals surface area contributed by atoms with E-state index in [9.17, 15) is 14.4 Å². The lowest BCUT2D eigenvalue weighted by Crippen LogP contribution is -2.50. The molecule has 1 unspecified atom stereocenters. The smallest absolute Gasteiger partial charge is 0.262 e. The fraction of sp³-hybridized carbons (Fsp3) is 0.240. The van der Waals surface area contributed by atoms with Crippen LogP contribution >= 0.6 is 11.3 Å². The van der Waals surface area contributed by atoms with Crippen molar-refractivity contribution < 1.29 is 14.4 Å². The molecule has 1 atom stereocenters. The molecular formula is C25H27N3O3S. The van der Waals surface area contributed by atoms with Gasteiger partial charge in [0.25, 0.3) is 5.91 Å². The van der Waals surface area contributed by atoms with Crippen LogP contribution in [0.1, 0.15) is 27.7 Å². The van der Waals surface area contributed by atoms with E-state index in [1.165, 1.54) is 16.2 Å². The van der Waals surface area contributed by atoms with Gasteiger partial charge in [-0.3, -0.25) is 14.4 Å². The predicted molar refractivity (Wildman–Crippen MR) is 128 cm³/mol. The number of aryl methyl sites for hydroxylation is 1. The van der Waals surface area contributed by atoms with Crippen molar-refractivity contribution in [1.82, 2.24) is 10.2 Å². The third-order valence-corrected chi connectivity index (χ3v) is 5.93. The molecule has 6 nitrogen and oxygen atoms in total. The number of hydrogen-bond donors (Lipinski definition) is 2. The molecule has 2 N–H and O–H groups in total. The molecule has 1 heterocycles. The van der Waals surface area contributed by atoms with Crippen LogP contribution < -0.4 is 10.6 Å². The molecule has 166 valence electrons. The average molecular weight is 450 g/mol. The van der Waals surface area contributed by atoms with E-state index in [1.807, 2.05) is 66.9 Å². The number of thiophene rings is 1. The zero-order valence-corrected chi connectivity index (χ0v) is 19.0. The van der Waals surface area contributed by atoms with Gasteiger partial charge >= 0.3 is 0 Å². The van der Waals surface area contributed by atoms with Crippen molar-refractivity contribution in [2.24, 2.45) is 0 Å². The molecule has 0 saturated carbocycles. The molecular weight excluding hydrogens is 422 g/mol.